The number of allylic oxidation sites excluding steroid dienone is 5. The second-order valence-corrected chi connectivity index (χ2v) is 6.18. The van der Waals surface area contributed by atoms with Crippen molar-refractivity contribution in [1.82, 2.24) is 30.1 Å². The molecule has 1 aromatic carbocycles. The van der Waals surface area contributed by atoms with E-state index >= 15 is 0 Å². The summed E-state index contributed by atoms with van der Waals surface area (Å²) in [5, 5.41) is 19.2. The molecule has 0 fully saturated rings. The van der Waals surface area contributed by atoms with Gasteiger partial charge in [-0.15, -0.1) is 15.1 Å². The first kappa shape index (κ1) is 17.5. The Morgan fingerprint density at radius 1 is 1.25 bits per heavy atom. The summed E-state index contributed by atoms with van der Waals surface area (Å²) in [5.74, 6) is 1.05. The number of nitrogens with zero attached hydrogens (tertiary/aromatic N) is 6. The van der Waals surface area contributed by atoms with Crippen LogP contribution in [0.2, 0.25) is 0 Å². The molecule has 1 aliphatic heterocycles. The van der Waals surface area contributed by atoms with Crippen LogP contribution in [-0.2, 0) is 6.42 Å². The van der Waals surface area contributed by atoms with Crippen molar-refractivity contribution in [1.29, 1.82) is 0 Å². The summed E-state index contributed by atoms with van der Waals surface area (Å²) < 4.78 is 1.61. The summed E-state index contributed by atoms with van der Waals surface area (Å²) in [7, 11) is 0. The molecular formula is C20H17N7O. The predicted molar refractivity (Wildman–Crippen MR) is 107 cm³/mol. The fraction of sp³-hybridized carbons (Fsp3) is 0.100. The summed E-state index contributed by atoms with van der Waals surface area (Å²) in [6, 6.07) is 6.90. The first-order chi connectivity index (χ1) is 13.7. The van der Waals surface area contributed by atoms with Crippen LogP contribution in [0.25, 0.3) is 17.0 Å². The van der Waals surface area contributed by atoms with Crippen LogP contribution in [0.5, 0.6) is 0 Å². The van der Waals surface area contributed by atoms with E-state index in [4.69, 9.17) is 0 Å². The third-order valence-corrected chi connectivity index (χ3v) is 4.26. The predicted octanol–water partition coefficient (Wildman–Crippen LogP) is 3.28. The summed E-state index contributed by atoms with van der Waals surface area (Å²) in [4.78, 5) is 15.1. The van der Waals surface area contributed by atoms with Crippen LogP contribution in [-0.4, -0.2) is 31.3 Å². The van der Waals surface area contributed by atoms with E-state index in [0.29, 0.717) is 29.4 Å². The molecule has 0 saturated carbocycles. The summed E-state index contributed by atoms with van der Waals surface area (Å²) in [5.41, 5.74) is 3.54. The van der Waals surface area contributed by atoms with Crippen molar-refractivity contribution in [2.45, 2.75) is 6.42 Å². The molecule has 4 rings (SSSR count). The largest absolute Gasteiger partial charge is 0.387 e. The van der Waals surface area contributed by atoms with Gasteiger partial charge in [-0.2, -0.15) is 9.61 Å². The number of benzene rings is 1. The van der Waals surface area contributed by atoms with Gasteiger partial charge >= 0.3 is 0 Å². The van der Waals surface area contributed by atoms with Gasteiger partial charge in [0.05, 0.1) is 6.20 Å². The summed E-state index contributed by atoms with van der Waals surface area (Å²) in [6.07, 6.45) is 11.9. The standard InChI is InChI=1S/C20H17N7O/c1-14-6-3-2-4-9-21-12-16(14)11-19-23-24-20-22-13-18(25-27(19)20)15-7-5-8-17(10-15)26-28/h2-8,10,12-13,21H,1,9,11H2/b4-2-,6-3-,16-12-. The fourth-order valence-corrected chi connectivity index (χ4v) is 2.81. The lowest BCUT2D eigenvalue weighted by atomic mass is 10.0. The number of hydrogen-bond acceptors (Lipinski definition) is 7. The number of aromatic nitrogens is 5. The van der Waals surface area contributed by atoms with Crippen LogP contribution < -0.4 is 5.32 Å². The molecule has 138 valence electrons. The van der Waals surface area contributed by atoms with Crippen LogP contribution in [0.4, 0.5) is 5.69 Å². The van der Waals surface area contributed by atoms with E-state index in [1.165, 1.54) is 0 Å². The van der Waals surface area contributed by atoms with Crippen LogP contribution in [0, 0.1) is 4.91 Å². The van der Waals surface area contributed by atoms with E-state index in [2.05, 4.69) is 37.4 Å². The highest BCUT2D eigenvalue weighted by Crippen LogP contribution is 2.22. The lowest BCUT2D eigenvalue weighted by molar-refractivity contribution is 0.822. The SMILES string of the molecule is C=C1/C=C\C=C/CN/C=C\1Cc1nnc2ncc(-c3cccc(N=O)c3)nn12. The smallest absolute Gasteiger partial charge is 0.271 e. The third kappa shape index (κ3) is 3.61. The van der Waals surface area contributed by atoms with Gasteiger partial charge < -0.3 is 5.32 Å². The Morgan fingerprint density at radius 2 is 2.18 bits per heavy atom. The summed E-state index contributed by atoms with van der Waals surface area (Å²) >= 11 is 0. The number of rotatable bonds is 4. The first-order valence-corrected chi connectivity index (χ1v) is 8.70. The topological polar surface area (TPSA) is 97.4 Å². The molecule has 3 heterocycles. The van der Waals surface area contributed by atoms with Crippen molar-refractivity contribution < 1.29 is 0 Å². The minimum Gasteiger partial charge on any atom is -0.387 e. The van der Waals surface area contributed by atoms with Gasteiger partial charge in [-0.1, -0.05) is 43.0 Å². The van der Waals surface area contributed by atoms with E-state index in [1.54, 1.807) is 28.9 Å². The zero-order valence-corrected chi connectivity index (χ0v) is 15.0. The molecule has 0 saturated heterocycles. The Morgan fingerprint density at radius 3 is 3.07 bits per heavy atom. The van der Waals surface area contributed by atoms with E-state index in [0.717, 1.165) is 23.3 Å². The van der Waals surface area contributed by atoms with E-state index in [1.807, 2.05) is 36.6 Å². The molecular weight excluding hydrogens is 354 g/mol. The van der Waals surface area contributed by atoms with Gasteiger partial charge in [0.1, 0.15) is 11.4 Å². The molecule has 1 N–H and O–H groups in total. The van der Waals surface area contributed by atoms with Gasteiger partial charge in [0.2, 0.25) is 0 Å². The van der Waals surface area contributed by atoms with E-state index in [-0.39, 0.29) is 0 Å². The molecule has 8 heteroatoms. The van der Waals surface area contributed by atoms with Crippen LogP contribution >= 0.6 is 0 Å². The number of nitrogens with one attached hydrogen (secondary N) is 1. The monoisotopic (exact) mass is 371 g/mol. The zero-order valence-electron chi connectivity index (χ0n) is 15.0. The second kappa shape index (κ2) is 7.75. The quantitative estimate of drug-likeness (QED) is 0.707. The highest BCUT2D eigenvalue weighted by molar-refractivity contribution is 5.63. The molecule has 0 aliphatic carbocycles. The molecule has 1 aliphatic rings. The van der Waals surface area contributed by atoms with Gasteiger partial charge in [0, 0.05) is 24.7 Å². The van der Waals surface area contributed by atoms with Crippen molar-refractivity contribution in [3.8, 4) is 11.3 Å². The highest BCUT2D eigenvalue weighted by Gasteiger charge is 2.13. The van der Waals surface area contributed by atoms with Crippen molar-refractivity contribution in [2.75, 3.05) is 6.54 Å². The lowest BCUT2D eigenvalue weighted by Crippen LogP contribution is -2.09. The molecule has 0 atom stereocenters. The van der Waals surface area contributed by atoms with Crippen molar-refractivity contribution >= 4 is 11.5 Å². The molecule has 3 aromatic rings. The molecule has 8 nitrogen and oxygen atoms in total. The maximum absolute atomic E-state index is 10.8. The minimum absolute atomic E-state index is 0.335. The highest BCUT2D eigenvalue weighted by atomic mass is 16.3. The summed E-state index contributed by atoms with van der Waals surface area (Å²) in [6.45, 7) is 4.85. The molecule has 0 radical (unpaired) electrons. The third-order valence-electron chi connectivity index (χ3n) is 4.26. The maximum atomic E-state index is 10.8. The Hall–Kier alpha value is -3.94. The van der Waals surface area contributed by atoms with Gasteiger partial charge in [0.15, 0.2) is 5.82 Å². The molecule has 0 bridgehead atoms. The van der Waals surface area contributed by atoms with Crippen LogP contribution in [0.3, 0.4) is 0 Å². The average Bonchev–Trinajstić information content (AvgIpc) is 3.17. The van der Waals surface area contributed by atoms with Crippen molar-refractivity contribution in [2.24, 2.45) is 5.18 Å². The Labute approximate surface area is 161 Å². The van der Waals surface area contributed by atoms with Gasteiger partial charge in [-0.25, -0.2) is 4.98 Å². The minimum atomic E-state index is 0.335. The molecule has 0 unspecified atom stereocenters. The first-order valence-electron chi connectivity index (χ1n) is 8.70. The molecule has 0 amide bonds. The zero-order chi connectivity index (χ0) is 19.3. The molecule has 28 heavy (non-hydrogen) atoms. The second-order valence-electron chi connectivity index (χ2n) is 6.18. The Kier molecular flexibility index (Phi) is 4.83. The molecule has 0 spiro atoms. The Balaban J connectivity index is 1.70. The van der Waals surface area contributed by atoms with E-state index < -0.39 is 0 Å². The number of fused-ring (bicyclic) bond motifs is 1. The van der Waals surface area contributed by atoms with Crippen LogP contribution in [0.15, 0.2) is 83.9 Å². The van der Waals surface area contributed by atoms with E-state index in [9.17, 15) is 4.91 Å². The van der Waals surface area contributed by atoms with Crippen LogP contribution in [0.1, 0.15) is 5.82 Å². The molecule has 2 aromatic heterocycles. The number of hydrogen-bond donors (Lipinski definition) is 1. The number of nitroso groups, excluding NO2 is 1. The van der Waals surface area contributed by atoms with Gasteiger partial charge in [0.25, 0.3) is 5.78 Å². The maximum Gasteiger partial charge on any atom is 0.271 e. The normalized spacial score (nSPS) is 18.3. The fourth-order valence-electron chi connectivity index (χ4n) is 2.81. The Bertz CT molecular complexity index is 1140. The van der Waals surface area contributed by atoms with Crippen molar-refractivity contribution in [3.63, 3.8) is 0 Å². The van der Waals surface area contributed by atoms with Gasteiger partial charge in [-0.05, 0) is 28.5 Å². The average molecular weight is 371 g/mol. The van der Waals surface area contributed by atoms with Gasteiger partial charge in [-0.3, -0.25) is 0 Å². The lowest BCUT2D eigenvalue weighted by Gasteiger charge is -2.07. The van der Waals surface area contributed by atoms with Crippen molar-refractivity contribution in [3.05, 3.63) is 89.4 Å².